The van der Waals surface area contributed by atoms with Gasteiger partial charge >= 0.3 is 0 Å². The van der Waals surface area contributed by atoms with Gasteiger partial charge in [0.2, 0.25) is 17.7 Å². The predicted octanol–water partition coefficient (Wildman–Crippen LogP) is 1.78. The molecular formula is C31H44N8O3. The lowest BCUT2D eigenvalue weighted by Gasteiger charge is -2.29. The molecule has 1 saturated carbocycles. The zero-order chi connectivity index (χ0) is 30.5. The number of primary amides is 1. The highest BCUT2D eigenvalue weighted by Crippen LogP contribution is 2.28. The molecule has 3 atom stereocenters. The van der Waals surface area contributed by atoms with Crippen LogP contribution < -0.4 is 33.6 Å². The van der Waals surface area contributed by atoms with E-state index in [-0.39, 0.29) is 30.0 Å². The second-order valence-corrected chi connectivity index (χ2v) is 11.0. The molecule has 1 unspecified atom stereocenters. The minimum absolute atomic E-state index is 0.0269. The van der Waals surface area contributed by atoms with Gasteiger partial charge in [-0.3, -0.25) is 24.8 Å². The molecule has 0 aromatic heterocycles. The van der Waals surface area contributed by atoms with E-state index in [0.717, 1.165) is 43.2 Å². The number of rotatable bonds is 15. The number of hydrogen-bond acceptors (Lipinski definition) is 5. The number of benzene rings is 2. The van der Waals surface area contributed by atoms with Crippen molar-refractivity contribution in [2.75, 3.05) is 6.54 Å². The maximum Gasteiger partial charge on any atom is 0.243 e. The number of aliphatic imine (C=N–C) groups is 1. The van der Waals surface area contributed by atoms with E-state index in [0.29, 0.717) is 31.4 Å². The van der Waals surface area contributed by atoms with Gasteiger partial charge in [-0.2, -0.15) is 0 Å². The summed E-state index contributed by atoms with van der Waals surface area (Å²) in [6.45, 7) is 0.302. The van der Waals surface area contributed by atoms with Gasteiger partial charge in [0.05, 0.1) is 5.92 Å². The number of nitrogens with zero attached hydrogens (tertiary/aromatic N) is 1. The van der Waals surface area contributed by atoms with Crippen LogP contribution in [0.2, 0.25) is 0 Å². The van der Waals surface area contributed by atoms with Crippen LogP contribution >= 0.6 is 0 Å². The number of nitrogens with two attached hydrogens (primary N) is 4. The van der Waals surface area contributed by atoms with Crippen molar-refractivity contribution in [2.45, 2.75) is 75.8 Å². The molecule has 1 aliphatic rings. The number of carbonyl (C=O) groups is 3. The van der Waals surface area contributed by atoms with Crippen LogP contribution in [0.1, 0.15) is 74.0 Å². The summed E-state index contributed by atoms with van der Waals surface area (Å²) in [5.74, 6) is -1.73. The summed E-state index contributed by atoms with van der Waals surface area (Å²) in [7, 11) is 0. The Morgan fingerprint density at radius 2 is 1.50 bits per heavy atom. The average Bonchev–Trinajstić information content (AvgIpc) is 2.97. The number of nitrogen functional groups attached to an aromatic ring is 1. The maximum absolute atomic E-state index is 13.9. The van der Waals surface area contributed by atoms with Gasteiger partial charge in [0.25, 0.3) is 0 Å². The fourth-order valence-corrected chi connectivity index (χ4v) is 5.42. The summed E-state index contributed by atoms with van der Waals surface area (Å²) < 4.78 is 0. The lowest BCUT2D eigenvalue weighted by molar-refractivity contribution is -0.132. The van der Waals surface area contributed by atoms with Crippen molar-refractivity contribution in [2.24, 2.45) is 33.8 Å². The molecule has 1 fully saturated rings. The average molecular weight is 577 g/mol. The van der Waals surface area contributed by atoms with E-state index in [1.807, 2.05) is 42.5 Å². The largest absolute Gasteiger partial charge is 0.384 e. The van der Waals surface area contributed by atoms with E-state index < -0.39 is 29.8 Å². The Hall–Kier alpha value is -4.41. The molecule has 2 aromatic carbocycles. The monoisotopic (exact) mass is 576 g/mol. The molecule has 1 aliphatic carbocycles. The number of nitrogens with one attached hydrogen (secondary N) is 3. The van der Waals surface area contributed by atoms with Crippen molar-refractivity contribution in [3.63, 3.8) is 0 Å². The SMILES string of the molecule is N=C(N)c1ccc(CC(C(=O)N[C@@H](CC2CCCCC2)C(=O)N[C@@H](CCCN=C(N)N)C(N)=O)c2ccccc2)cc1. The molecule has 3 rings (SSSR count). The fraction of sp³-hybridized carbons (Fsp3) is 0.452. The van der Waals surface area contributed by atoms with E-state index in [2.05, 4.69) is 15.6 Å². The number of amides is 3. The molecule has 3 amide bonds. The van der Waals surface area contributed by atoms with Gasteiger partial charge < -0.3 is 33.6 Å². The predicted molar refractivity (Wildman–Crippen MR) is 165 cm³/mol. The van der Waals surface area contributed by atoms with E-state index in [1.54, 1.807) is 12.1 Å². The van der Waals surface area contributed by atoms with Crippen LogP contribution in [0.25, 0.3) is 0 Å². The van der Waals surface area contributed by atoms with Crippen LogP contribution in [-0.2, 0) is 20.8 Å². The molecule has 0 bridgehead atoms. The summed E-state index contributed by atoms with van der Waals surface area (Å²) in [5, 5.41) is 13.4. The Balaban J connectivity index is 1.80. The first-order valence-corrected chi connectivity index (χ1v) is 14.6. The number of carbonyl (C=O) groups excluding carboxylic acids is 3. The lowest BCUT2D eigenvalue weighted by Crippen LogP contribution is -2.54. The van der Waals surface area contributed by atoms with Gasteiger partial charge in [-0.25, -0.2) is 0 Å². The highest BCUT2D eigenvalue weighted by Gasteiger charge is 2.31. The quantitative estimate of drug-likeness (QED) is 0.0951. The molecule has 226 valence electrons. The van der Waals surface area contributed by atoms with Gasteiger partial charge in [0, 0.05) is 12.1 Å². The van der Waals surface area contributed by atoms with E-state index in [1.165, 1.54) is 0 Å². The molecule has 42 heavy (non-hydrogen) atoms. The summed E-state index contributed by atoms with van der Waals surface area (Å²) in [6.07, 6.45) is 6.90. The third-order valence-electron chi connectivity index (χ3n) is 7.76. The molecule has 2 aromatic rings. The Bertz CT molecular complexity index is 1220. The molecule has 11 heteroatoms. The smallest absolute Gasteiger partial charge is 0.243 e. The highest BCUT2D eigenvalue weighted by molar-refractivity contribution is 5.95. The van der Waals surface area contributed by atoms with Crippen molar-refractivity contribution in [3.05, 3.63) is 71.3 Å². The second-order valence-electron chi connectivity index (χ2n) is 11.0. The maximum atomic E-state index is 13.9. The van der Waals surface area contributed by atoms with Crippen LogP contribution in [0.3, 0.4) is 0 Å². The minimum Gasteiger partial charge on any atom is -0.384 e. The van der Waals surface area contributed by atoms with Crippen LogP contribution in [0.15, 0.2) is 59.6 Å². The Kier molecular flexibility index (Phi) is 12.3. The molecule has 0 radical (unpaired) electrons. The Labute approximate surface area is 247 Å². The fourth-order valence-electron chi connectivity index (χ4n) is 5.42. The third-order valence-corrected chi connectivity index (χ3v) is 7.76. The highest BCUT2D eigenvalue weighted by atomic mass is 16.2. The summed E-state index contributed by atoms with van der Waals surface area (Å²) >= 11 is 0. The van der Waals surface area contributed by atoms with Crippen LogP contribution in [0.4, 0.5) is 0 Å². The van der Waals surface area contributed by atoms with Gasteiger partial charge in [-0.05, 0) is 42.7 Å². The molecular weight excluding hydrogens is 532 g/mol. The van der Waals surface area contributed by atoms with Crippen molar-refractivity contribution in [1.82, 2.24) is 10.6 Å². The Morgan fingerprint density at radius 3 is 2.10 bits per heavy atom. The minimum atomic E-state index is -0.915. The summed E-state index contributed by atoms with van der Waals surface area (Å²) in [4.78, 5) is 43.6. The van der Waals surface area contributed by atoms with E-state index >= 15 is 0 Å². The lowest BCUT2D eigenvalue weighted by atomic mass is 9.84. The number of hydrogen-bond donors (Lipinski definition) is 7. The first-order valence-electron chi connectivity index (χ1n) is 14.6. The number of guanidine groups is 1. The molecule has 11 N–H and O–H groups in total. The van der Waals surface area contributed by atoms with Crippen molar-refractivity contribution in [3.8, 4) is 0 Å². The topological polar surface area (TPSA) is 216 Å². The van der Waals surface area contributed by atoms with Crippen LogP contribution in [-0.4, -0.2) is 48.1 Å². The van der Waals surface area contributed by atoms with Crippen LogP contribution in [0, 0.1) is 11.3 Å². The Morgan fingerprint density at radius 1 is 0.857 bits per heavy atom. The number of amidine groups is 1. The standard InChI is InChI=1S/C31H44N8O3/c32-27(33)23-15-13-21(14-16-23)18-24(22-10-5-2-6-11-22)29(41)39-26(19-20-8-3-1-4-9-20)30(42)38-25(28(34)40)12-7-17-37-31(35)36/h2,5-6,10-11,13-16,20,24-26H,1,3-4,7-9,12,17-19H2,(H3,32,33)(H2,34,40)(H,38,42)(H,39,41)(H4,35,36,37)/t24?,25-,26-/m0/s1. The molecule has 0 spiro atoms. The first kappa shape index (κ1) is 32.1. The third kappa shape index (κ3) is 10.2. The van der Waals surface area contributed by atoms with E-state index in [4.69, 9.17) is 28.3 Å². The molecule has 11 nitrogen and oxygen atoms in total. The zero-order valence-corrected chi connectivity index (χ0v) is 24.1. The van der Waals surface area contributed by atoms with Crippen molar-refractivity contribution >= 4 is 29.5 Å². The van der Waals surface area contributed by atoms with Gasteiger partial charge in [-0.15, -0.1) is 0 Å². The van der Waals surface area contributed by atoms with E-state index in [9.17, 15) is 14.4 Å². The molecule has 0 aliphatic heterocycles. The normalized spacial score (nSPS) is 15.5. The van der Waals surface area contributed by atoms with Crippen molar-refractivity contribution < 1.29 is 14.4 Å². The van der Waals surface area contributed by atoms with Gasteiger partial charge in [-0.1, -0.05) is 86.7 Å². The summed E-state index contributed by atoms with van der Waals surface area (Å²) in [6, 6.07) is 14.9. The summed E-state index contributed by atoms with van der Waals surface area (Å²) in [5.41, 5.74) is 24.3. The second kappa shape index (κ2) is 16.1. The molecule has 0 heterocycles. The van der Waals surface area contributed by atoms with Gasteiger partial charge in [0.1, 0.15) is 17.9 Å². The molecule has 0 saturated heterocycles. The van der Waals surface area contributed by atoms with Crippen molar-refractivity contribution in [1.29, 1.82) is 5.41 Å². The van der Waals surface area contributed by atoms with Gasteiger partial charge in [0.15, 0.2) is 5.96 Å². The zero-order valence-electron chi connectivity index (χ0n) is 24.1. The van der Waals surface area contributed by atoms with Crippen LogP contribution in [0.5, 0.6) is 0 Å². The first-order chi connectivity index (χ1) is 20.1.